The van der Waals surface area contributed by atoms with Crippen molar-refractivity contribution in [2.45, 2.75) is 19.6 Å². The number of hydrogen-bond donors (Lipinski definition) is 2. The standard InChI is InChI=1S/C16H19F2N3O2.HI/c1-19-16(20-9-8-13-6-4-10-22-13)21-11-12-5-2-3-7-14(12)23-15(17)18;/h2-7,10,15H,8-9,11H2,1H3,(H2,19,20,21);1H. The lowest BCUT2D eigenvalue weighted by Crippen LogP contribution is -2.37. The first-order valence-electron chi connectivity index (χ1n) is 7.18. The van der Waals surface area contributed by atoms with E-state index in [1.165, 1.54) is 6.07 Å². The van der Waals surface area contributed by atoms with Crippen LogP contribution in [0.5, 0.6) is 5.75 Å². The number of nitrogens with zero attached hydrogens (tertiary/aromatic N) is 1. The maximum absolute atomic E-state index is 12.4. The minimum Gasteiger partial charge on any atom is -0.469 e. The van der Waals surface area contributed by atoms with Crippen molar-refractivity contribution < 1.29 is 17.9 Å². The number of halogens is 3. The van der Waals surface area contributed by atoms with Gasteiger partial charge in [-0.2, -0.15) is 8.78 Å². The summed E-state index contributed by atoms with van der Waals surface area (Å²) in [5, 5.41) is 6.19. The van der Waals surface area contributed by atoms with E-state index < -0.39 is 6.61 Å². The minimum atomic E-state index is -2.85. The van der Waals surface area contributed by atoms with Gasteiger partial charge in [0.05, 0.1) is 6.26 Å². The van der Waals surface area contributed by atoms with Crippen LogP contribution in [0.1, 0.15) is 11.3 Å². The number of guanidine groups is 1. The van der Waals surface area contributed by atoms with E-state index in [0.29, 0.717) is 24.6 Å². The van der Waals surface area contributed by atoms with E-state index in [1.807, 2.05) is 12.1 Å². The van der Waals surface area contributed by atoms with Crippen LogP contribution in [0, 0.1) is 0 Å². The smallest absolute Gasteiger partial charge is 0.387 e. The van der Waals surface area contributed by atoms with E-state index in [2.05, 4.69) is 20.4 Å². The van der Waals surface area contributed by atoms with Crippen molar-refractivity contribution in [1.82, 2.24) is 10.6 Å². The van der Waals surface area contributed by atoms with Gasteiger partial charge in [-0.3, -0.25) is 4.99 Å². The number of para-hydroxylation sites is 1. The van der Waals surface area contributed by atoms with Gasteiger partial charge in [-0.15, -0.1) is 24.0 Å². The van der Waals surface area contributed by atoms with Gasteiger partial charge < -0.3 is 19.8 Å². The number of ether oxygens (including phenoxy) is 1. The lowest BCUT2D eigenvalue weighted by atomic mass is 10.2. The molecule has 1 heterocycles. The first-order valence-corrected chi connectivity index (χ1v) is 7.18. The summed E-state index contributed by atoms with van der Waals surface area (Å²) < 4.78 is 34.5. The lowest BCUT2D eigenvalue weighted by molar-refractivity contribution is -0.0504. The molecule has 2 aromatic rings. The van der Waals surface area contributed by atoms with Crippen LogP contribution < -0.4 is 15.4 Å². The average molecular weight is 451 g/mol. The Hall–Kier alpha value is -1.84. The predicted octanol–water partition coefficient (Wildman–Crippen LogP) is 3.41. The molecule has 0 aliphatic carbocycles. The number of hydrogen-bond acceptors (Lipinski definition) is 3. The minimum absolute atomic E-state index is 0. The molecule has 0 atom stereocenters. The Kier molecular flexibility index (Phi) is 9.13. The summed E-state index contributed by atoms with van der Waals surface area (Å²) in [5.41, 5.74) is 0.627. The maximum atomic E-state index is 12.4. The second-order valence-electron chi connectivity index (χ2n) is 4.67. The highest BCUT2D eigenvalue weighted by Crippen LogP contribution is 2.19. The zero-order chi connectivity index (χ0) is 16.5. The molecule has 0 saturated heterocycles. The summed E-state index contributed by atoms with van der Waals surface area (Å²) in [5.74, 6) is 1.60. The van der Waals surface area contributed by atoms with E-state index in [4.69, 9.17) is 4.42 Å². The van der Waals surface area contributed by atoms with Crippen molar-refractivity contribution >= 4 is 29.9 Å². The first-order chi connectivity index (χ1) is 11.2. The molecular formula is C16H20F2IN3O2. The van der Waals surface area contributed by atoms with Crippen LogP contribution in [0.4, 0.5) is 8.78 Å². The molecule has 1 aromatic heterocycles. The van der Waals surface area contributed by atoms with Crippen LogP contribution in [-0.2, 0) is 13.0 Å². The topological polar surface area (TPSA) is 58.8 Å². The molecule has 1 aromatic carbocycles. The van der Waals surface area contributed by atoms with Crippen molar-refractivity contribution in [3.63, 3.8) is 0 Å². The third-order valence-electron chi connectivity index (χ3n) is 3.10. The second kappa shape index (κ2) is 10.8. The summed E-state index contributed by atoms with van der Waals surface area (Å²) >= 11 is 0. The first kappa shape index (κ1) is 20.2. The molecule has 0 spiro atoms. The van der Waals surface area contributed by atoms with Gasteiger partial charge in [0.1, 0.15) is 11.5 Å². The van der Waals surface area contributed by atoms with E-state index in [0.717, 1.165) is 12.2 Å². The van der Waals surface area contributed by atoms with Gasteiger partial charge in [-0.25, -0.2) is 0 Å². The third kappa shape index (κ3) is 6.73. The Bertz CT molecular complexity index is 622. The molecule has 132 valence electrons. The van der Waals surface area contributed by atoms with Gasteiger partial charge in [-0.1, -0.05) is 18.2 Å². The van der Waals surface area contributed by atoms with E-state index >= 15 is 0 Å². The molecule has 0 radical (unpaired) electrons. The lowest BCUT2D eigenvalue weighted by Gasteiger charge is -2.14. The predicted molar refractivity (Wildman–Crippen MR) is 99.1 cm³/mol. The molecule has 2 rings (SSSR count). The number of furan rings is 1. The molecule has 0 aliphatic rings. The summed E-state index contributed by atoms with van der Waals surface area (Å²) in [6.45, 7) is -1.88. The van der Waals surface area contributed by atoms with Crippen LogP contribution in [0.15, 0.2) is 52.1 Å². The van der Waals surface area contributed by atoms with Crippen molar-refractivity contribution in [3.8, 4) is 5.75 Å². The molecule has 0 unspecified atom stereocenters. The van der Waals surface area contributed by atoms with Gasteiger partial charge in [0.25, 0.3) is 0 Å². The second-order valence-corrected chi connectivity index (χ2v) is 4.67. The maximum Gasteiger partial charge on any atom is 0.387 e. The fourth-order valence-corrected chi connectivity index (χ4v) is 2.02. The molecule has 0 saturated carbocycles. The average Bonchev–Trinajstić information content (AvgIpc) is 3.05. The summed E-state index contributed by atoms with van der Waals surface area (Å²) in [4.78, 5) is 4.09. The summed E-state index contributed by atoms with van der Waals surface area (Å²) in [6.07, 6.45) is 2.35. The van der Waals surface area contributed by atoms with Crippen LogP contribution in [0.3, 0.4) is 0 Å². The summed E-state index contributed by atoms with van der Waals surface area (Å²) in [7, 11) is 1.64. The van der Waals surface area contributed by atoms with Crippen LogP contribution >= 0.6 is 24.0 Å². The van der Waals surface area contributed by atoms with E-state index in [-0.39, 0.29) is 29.7 Å². The van der Waals surface area contributed by atoms with Crippen molar-refractivity contribution in [2.24, 2.45) is 4.99 Å². The molecule has 24 heavy (non-hydrogen) atoms. The van der Waals surface area contributed by atoms with Crippen molar-refractivity contribution in [3.05, 3.63) is 54.0 Å². The molecule has 0 amide bonds. The Morgan fingerprint density at radius 3 is 2.67 bits per heavy atom. The van der Waals surface area contributed by atoms with Crippen molar-refractivity contribution in [1.29, 1.82) is 0 Å². The summed E-state index contributed by atoms with van der Waals surface area (Å²) in [6, 6.07) is 10.4. The fourth-order valence-electron chi connectivity index (χ4n) is 2.02. The van der Waals surface area contributed by atoms with Gasteiger partial charge in [0.2, 0.25) is 0 Å². The molecule has 0 aliphatic heterocycles. The molecule has 0 fully saturated rings. The third-order valence-corrected chi connectivity index (χ3v) is 3.10. The van der Waals surface area contributed by atoms with Gasteiger partial charge in [-0.05, 0) is 18.2 Å². The normalized spacial score (nSPS) is 11.1. The van der Waals surface area contributed by atoms with E-state index in [9.17, 15) is 8.78 Å². The van der Waals surface area contributed by atoms with Crippen molar-refractivity contribution in [2.75, 3.05) is 13.6 Å². The molecule has 5 nitrogen and oxygen atoms in total. The molecular weight excluding hydrogens is 431 g/mol. The highest BCUT2D eigenvalue weighted by Gasteiger charge is 2.09. The van der Waals surface area contributed by atoms with Crippen LogP contribution in [0.25, 0.3) is 0 Å². The Balaban J connectivity index is 0.00000288. The van der Waals surface area contributed by atoms with E-state index in [1.54, 1.807) is 31.5 Å². The fraction of sp³-hybridized carbons (Fsp3) is 0.312. The number of benzene rings is 1. The number of aliphatic imine (C=N–C) groups is 1. The Morgan fingerprint density at radius 2 is 2.00 bits per heavy atom. The quantitative estimate of drug-likeness (QED) is 0.385. The number of alkyl halides is 2. The monoisotopic (exact) mass is 451 g/mol. The molecule has 2 N–H and O–H groups in total. The zero-order valence-corrected chi connectivity index (χ0v) is 15.5. The largest absolute Gasteiger partial charge is 0.469 e. The van der Waals surface area contributed by atoms with Crippen LogP contribution in [-0.4, -0.2) is 26.2 Å². The highest BCUT2D eigenvalue weighted by atomic mass is 127. The van der Waals surface area contributed by atoms with Gasteiger partial charge >= 0.3 is 6.61 Å². The number of nitrogens with one attached hydrogen (secondary N) is 2. The highest BCUT2D eigenvalue weighted by molar-refractivity contribution is 14.0. The zero-order valence-electron chi connectivity index (χ0n) is 13.2. The Morgan fingerprint density at radius 1 is 1.21 bits per heavy atom. The number of rotatable bonds is 7. The van der Waals surface area contributed by atoms with Gasteiger partial charge in [0, 0.05) is 32.1 Å². The van der Waals surface area contributed by atoms with Crippen LogP contribution in [0.2, 0.25) is 0 Å². The Labute approximate surface area is 156 Å². The molecule has 0 bridgehead atoms. The molecule has 8 heteroatoms. The SMILES string of the molecule is CN=C(NCCc1ccco1)NCc1ccccc1OC(F)F.I. The van der Waals surface area contributed by atoms with Gasteiger partial charge in [0.15, 0.2) is 5.96 Å².